The molecule has 1 atom stereocenters. The van der Waals surface area contributed by atoms with Crippen molar-refractivity contribution in [3.8, 4) is 12.3 Å². The highest BCUT2D eigenvalue weighted by Gasteiger charge is 2.09. The van der Waals surface area contributed by atoms with Gasteiger partial charge in [-0.1, -0.05) is 5.92 Å². The zero-order valence-electron chi connectivity index (χ0n) is 9.16. The molecule has 1 unspecified atom stereocenters. The van der Waals surface area contributed by atoms with E-state index in [1.807, 2.05) is 0 Å². The summed E-state index contributed by atoms with van der Waals surface area (Å²) >= 11 is 1.55. The molecule has 90 valence electrons. The molecule has 0 bridgehead atoms. The van der Waals surface area contributed by atoms with Crippen LogP contribution in [0.1, 0.15) is 13.3 Å². The molecule has 0 aliphatic heterocycles. The van der Waals surface area contributed by atoms with E-state index in [2.05, 4.69) is 16.6 Å². The van der Waals surface area contributed by atoms with Crippen LogP contribution in [0.25, 0.3) is 0 Å². The van der Waals surface area contributed by atoms with Crippen molar-refractivity contribution in [2.45, 2.75) is 19.4 Å². The number of carbonyl (C=O) groups is 2. The second-order valence-electron chi connectivity index (χ2n) is 3.16. The third-order valence-electron chi connectivity index (χ3n) is 1.58. The van der Waals surface area contributed by atoms with E-state index in [1.54, 1.807) is 18.7 Å². The van der Waals surface area contributed by atoms with Crippen LogP contribution in [-0.2, 0) is 4.79 Å². The Kier molecular flexibility index (Phi) is 8.17. The molecule has 0 aliphatic rings. The summed E-state index contributed by atoms with van der Waals surface area (Å²) in [6.45, 7) is 2.15. The number of carboxylic acid groups (broad SMARTS) is 1. The second-order valence-corrected chi connectivity index (χ2v) is 4.26. The zero-order valence-corrected chi connectivity index (χ0v) is 9.97. The Hall–Kier alpha value is -1.35. The summed E-state index contributed by atoms with van der Waals surface area (Å²) in [6.07, 6.45) is 4.97. The van der Waals surface area contributed by atoms with Crippen molar-refractivity contribution in [3.63, 3.8) is 0 Å². The van der Waals surface area contributed by atoms with Gasteiger partial charge < -0.3 is 15.7 Å². The molecule has 0 saturated carbocycles. The van der Waals surface area contributed by atoms with E-state index in [1.165, 1.54) is 0 Å². The Morgan fingerprint density at radius 1 is 1.56 bits per heavy atom. The maximum absolute atomic E-state index is 11.2. The molecule has 0 aromatic heterocycles. The van der Waals surface area contributed by atoms with Crippen molar-refractivity contribution in [3.05, 3.63) is 0 Å². The number of hydrogen-bond donors (Lipinski definition) is 3. The average Bonchev–Trinajstić information content (AvgIpc) is 2.15. The zero-order chi connectivity index (χ0) is 12.4. The molecule has 6 heteroatoms. The predicted molar refractivity (Wildman–Crippen MR) is 64.4 cm³/mol. The number of urea groups is 1. The maximum atomic E-state index is 11.2. The normalized spacial score (nSPS) is 11.2. The summed E-state index contributed by atoms with van der Waals surface area (Å²) in [6, 6.07) is -0.731. The molecular formula is C10H16N2O3S. The number of amides is 2. The topological polar surface area (TPSA) is 78.4 Å². The van der Waals surface area contributed by atoms with Gasteiger partial charge in [0.2, 0.25) is 0 Å². The van der Waals surface area contributed by atoms with Crippen LogP contribution in [0.15, 0.2) is 0 Å². The number of nitrogens with one attached hydrogen (secondary N) is 2. The Balaban J connectivity index is 3.51. The Morgan fingerprint density at radius 3 is 2.81 bits per heavy atom. The summed E-state index contributed by atoms with van der Waals surface area (Å²) in [4.78, 5) is 21.5. The summed E-state index contributed by atoms with van der Waals surface area (Å²) < 4.78 is 0. The molecule has 16 heavy (non-hydrogen) atoms. The van der Waals surface area contributed by atoms with Crippen molar-refractivity contribution in [2.24, 2.45) is 0 Å². The number of carboxylic acids is 1. The Morgan fingerprint density at radius 2 is 2.25 bits per heavy atom. The summed E-state index contributed by atoms with van der Waals surface area (Å²) in [7, 11) is 0. The Labute approximate surface area is 99.4 Å². The minimum atomic E-state index is -0.933. The van der Waals surface area contributed by atoms with Gasteiger partial charge in [0.25, 0.3) is 0 Å². The summed E-state index contributed by atoms with van der Waals surface area (Å²) in [5.74, 6) is 2.91. The van der Waals surface area contributed by atoms with E-state index >= 15 is 0 Å². The highest BCUT2D eigenvalue weighted by Crippen LogP contribution is 1.95. The minimum absolute atomic E-state index is 0.0841. The lowest BCUT2D eigenvalue weighted by Gasteiger charge is -2.12. The smallest absolute Gasteiger partial charge is 0.315 e. The first-order valence-corrected chi connectivity index (χ1v) is 5.99. The number of thioether (sulfide) groups is 1. The van der Waals surface area contributed by atoms with Crippen LogP contribution < -0.4 is 10.6 Å². The molecule has 0 radical (unpaired) electrons. The number of terminal acetylenes is 1. The van der Waals surface area contributed by atoms with Gasteiger partial charge in [-0.05, 0) is 6.92 Å². The number of rotatable bonds is 7. The van der Waals surface area contributed by atoms with Crippen molar-refractivity contribution in [1.29, 1.82) is 0 Å². The van der Waals surface area contributed by atoms with Crippen molar-refractivity contribution < 1.29 is 14.7 Å². The van der Waals surface area contributed by atoms with Gasteiger partial charge in [0.15, 0.2) is 0 Å². The molecular weight excluding hydrogens is 228 g/mol. The van der Waals surface area contributed by atoms with Crippen LogP contribution >= 0.6 is 11.8 Å². The highest BCUT2D eigenvalue weighted by molar-refractivity contribution is 7.99. The maximum Gasteiger partial charge on any atom is 0.315 e. The molecule has 0 spiro atoms. The predicted octanol–water partition coefficient (Wildman–Crippen LogP) is 0.515. The van der Waals surface area contributed by atoms with Gasteiger partial charge in [-0.3, -0.25) is 4.79 Å². The molecule has 0 aromatic carbocycles. The molecule has 0 fully saturated rings. The fraction of sp³-hybridized carbons (Fsp3) is 0.600. The minimum Gasteiger partial charge on any atom is -0.481 e. The first-order chi connectivity index (χ1) is 7.56. The molecule has 0 heterocycles. The first-order valence-electron chi connectivity index (χ1n) is 4.83. The van der Waals surface area contributed by atoms with E-state index in [-0.39, 0.29) is 18.5 Å². The summed E-state index contributed by atoms with van der Waals surface area (Å²) in [5.41, 5.74) is 0. The monoisotopic (exact) mass is 244 g/mol. The van der Waals surface area contributed by atoms with Gasteiger partial charge in [-0.25, -0.2) is 4.79 Å². The fourth-order valence-electron chi connectivity index (χ4n) is 0.956. The largest absolute Gasteiger partial charge is 0.481 e. The quantitative estimate of drug-likeness (QED) is 0.450. The SMILES string of the molecule is C#CCSCCNC(=O)NC(C)CC(=O)O. The van der Waals surface area contributed by atoms with Gasteiger partial charge in [0.05, 0.1) is 12.2 Å². The first kappa shape index (κ1) is 14.6. The highest BCUT2D eigenvalue weighted by atomic mass is 32.2. The molecule has 5 nitrogen and oxygen atoms in total. The number of carbonyl (C=O) groups excluding carboxylic acids is 1. The molecule has 0 saturated heterocycles. The average molecular weight is 244 g/mol. The van der Waals surface area contributed by atoms with Gasteiger partial charge in [0.1, 0.15) is 0 Å². The van der Waals surface area contributed by atoms with Crippen LogP contribution in [0.4, 0.5) is 4.79 Å². The van der Waals surface area contributed by atoms with Gasteiger partial charge in [-0.15, -0.1) is 18.2 Å². The van der Waals surface area contributed by atoms with Gasteiger partial charge >= 0.3 is 12.0 Å². The number of hydrogen-bond acceptors (Lipinski definition) is 3. The molecule has 0 rings (SSSR count). The molecule has 0 aromatic rings. The van der Waals surface area contributed by atoms with Crippen LogP contribution in [-0.4, -0.2) is 41.2 Å². The third kappa shape index (κ3) is 9.21. The van der Waals surface area contributed by atoms with Crippen LogP contribution in [0.5, 0.6) is 0 Å². The molecule has 2 amide bonds. The third-order valence-corrected chi connectivity index (χ3v) is 2.44. The fourth-order valence-corrected chi connectivity index (χ4v) is 1.46. The lowest BCUT2D eigenvalue weighted by atomic mass is 10.2. The van der Waals surface area contributed by atoms with Crippen LogP contribution in [0, 0.1) is 12.3 Å². The van der Waals surface area contributed by atoms with E-state index in [9.17, 15) is 9.59 Å². The van der Waals surface area contributed by atoms with Crippen molar-refractivity contribution in [1.82, 2.24) is 10.6 Å². The summed E-state index contributed by atoms with van der Waals surface area (Å²) in [5, 5.41) is 13.6. The number of aliphatic carboxylic acids is 1. The van der Waals surface area contributed by atoms with E-state index < -0.39 is 5.97 Å². The van der Waals surface area contributed by atoms with Crippen molar-refractivity contribution in [2.75, 3.05) is 18.1 Å². The van der Waals surface area contributed by atoms with E-state index in [0.717, 1.165) is 5.75 Å². The lowest BCUT2D eigenvalue weighted by Crippen LogP contribution is -2.42. The Bertz CT molecular complexity index is 276. The van der Waals surface area contributed by atoms with E-state index in [4.69, 9.17) is 11.5 Å². The van der Waals surface area contributed by atoms with Crippen LogP contribution in [0.2, 0.25) is 0 Å². The lowest BCUT2D eigenvalue weighted by molar-refractivity contribution is -0.137. The molecule has 0 aliphatic carbocycles. The van der Waals surface area contributed by atoms with Crippen molar-refractivity contribution >= 4 is 23.8 Å². The van der Waals surface area contributed by atoms with E-state index in [0.29, 0.717) is 12.3 Å². The van der Waals surface area contributed by atoms with Gasteiger partial charge in [-0.2, -0.15) is 0 Å². The molecule has 3 N–H and O–H groups in total. The second kappa shape index (κ2) is 8.92. The standard InChI is InChI=1S/C10H16N2O3S/c1-3-5-16-6-4-11-10(15)12-8(2)7-9(13)14/h1,8H,4-7H2,2H3,(H,13,14)(H2,11,12,15). The van der Waals surface area contributed by atoms with Gasteiger partial charge in [0, 0.05) is 18.3 Å². The van der Waals surface area contributed by atoms with Crippen LogP contribution in [0.3, 0.4) is 0 Å².